The molecule has 0 saturated heterocycles. The zero-order valence-electron chi connectivity index (χ0n) is 8.78. The fourth-order valence-electron chi connectivity index (χ4n) is 1.40. The molecule has 4 nitrogen and oxygen atoms in total. The summed E-state index contributed by atoms with van der Waals surface area (Å²) in [4.78, 5) is 19.3. The van der Waals surface area contributed by atoms with E-state index in [4.69, 9.17) is 23.2 Å². The van der Waals surface area contributed by atoms with E-state index in [1.807, 2.05) is 18.2 Å². The standard InChI is InChI=1S/C11H9Cl2N3O/c12-9-8(6-14-11(13)16-9)10(17)15-7-4-2-1-3-5-7/h2,4-6H,1,3H2,(H,15,17). The Morgan fingerprint density at radius 2 is 2.18 bits per heavy atom. The van der Waals surface area contributed by atoms with Crippen LogP contribution in [-0.4, -0.2) is 15.9 Å². The monoisotopic (exact) mass is 269 g/mol. The van der Waals surface area contributed by atoms with Crippen molar-refractivity contribution in [2.45, 2.75) is 12.8 Å². The van der Waals surface area contributed by atoms with Gasteiger partial charge in [0, 0.05) is 11.9 Å². The Balaban J connectivity index is 2.14. The summed E-state index contributed by atoms with van der Waals surface area (Å²) >= 11 is 11.4. The van der Waals surface area contributed by atoms with E-state index in [9.17, 15) is 4.79 Å². The molecule has 1 aliphatic carbocycles. The predicted molar refractivity (Wildman–Crippen MR) is 66.0 cm³/mol. The van der Waals surface area contributed by atoms with Gasteiger partial charge in [-0.2, -0.15) is 0 Å². The molecule has 1 aromatic heterocycles. The van der Waals surface area contributed by atoms with Crippen molar-refractivity contribution in [3.05, 3.63) is 46.1 Å². The van der Waals surface area contributed by atoms with E-state index in [1.165, 1.54) is 6.20 Å². The summed E-state index contributed by atoms with van der Waals surface area (Å²) < 4.78 is 0. The van der Waals surface area contributed by atoms with Gasteiger partial charge in [0.2, 0.25) is 5.28 Å². The highest BCUT2D eigenvalue weighted by Gasteiger charge is 2.13. The summed E-state index contributed by atoms with van der Waals surface area (Å²) in [5, 5.41) is 2.78. The van der Waals surface area contributed by atoms with Gasteiger partial charge in [-0.25, -0.2) is 9.97 Å². The lowest BCUT2D eigenvalue weighted by Crippen LogP contribution is -2.23. The number of nitrogens with zero attached hydrogens (tertiary/aromatic N) is 2. The van der Waals surface area contributed by atoms with Gasteiger partial charge in [-0.1, -0.05) is 23.8 Å². The van der Waals surface area contributed by atoms with Gasteiger partial charge in [0.25, 0.3) is 5.91 Å². The highest BCUT2D eigenvalue weighted by Crippen LogP contribution is 2.15. The average molecular weight is 270 g/mol. The number of amides is 1. The normalized spacial score (nSPS) is 14.4. The van der Waals surface area contributed by atoms with Crippen molar-refractivity contribution in [1.29, 1.82) is 0 Å². The highest BCUT2D eigenvalue weighted by atomic mass is 35.5. The van der Waals surface area contributed by atoms with E-state index in [2.05, 4.69) is 15.3 Å². The minimum atomic E-state index is -0.343. The van der Waals surface area contributed by atoms with Crippen molar-refractivity contribution in [3.8, 4) is 0 Å². The lowest BCUT2D eigenvalue weighted by molar-refractivity contribution is 0.0966. The molecule has 0 aliphatic heterocycles. The van der Waals surface area contributed by atoms with Crippen LogP contribution in [-0.2, 0) is 0 Å². The Morgan fingerprint density at radius 3 is 2.82 bits per heavy atom. The Bertz CT molecular complexity index is 511. The largest absolute Gasteiger partial charge is 0.322 e. The van der Waals surface area contributed by atoms with Gasteiger partial charge in [0.05, 0.1) is 5.56 Å². The SMILES string of the molecule is O=C(NC1=CCCC=C1)c1cnc(Cl)nc1Cl. The Morgan fingerprint density at radius 1 is 1.35 bits per heavy atom. The first-order valence-corrected chi connectivity index (χ1v) is 5.78. The van der Waals surface area contributed by atoms with Crippen molar-refractivity contribution in [1.82, 2.24) is 15.3 Å². The Hall–Kier alpha value is -1.39. The maximum atomic E-state index is 11.9. The molecule has 0 saturated carbocycles. The minimum Gasteiger partial charge on any atom is -0.322 e. The van der Waals surface area contributed by atoms with Crippen LogP contribution in [0, 0.1) is 0 Å². The molecule has 0 spiro atoms. The zero-order valence-corrected chi connectivity index (χ0v) is 10.3. The van der Waals surface area contributed by atoms with Gasteiger partial charge in [0.1, 0.15) is 5.15 Å². The Kier molecular flexibility index (Phi) is 3.76. The van der Waals surface area contributed by atoms with Crippen LogP contribution in [0.2, 0.25) is 10.4 Å². The molecule has 0 radical (unpaired) electrons. The molecular formula is C11H9Cl2N3O. The van der Waals surface area contributed by atoms with E-state index in [0.29, 0.717) is 0 Å². The smallest absolute Gasteiger partial charge is 0.260 e. The van der Waals surface area contributed by atoms with E-state index in [1.54, 1.807) is 0 Å². The van der Waals surface area contributed by atoms with Gasteiger partial charge in [-0.3, -0.25) is 4.79 Å². The molecule has 0 atom stereocenters. The predicted octanol–water partition coefficient (Wildman–Crippen LogP) is 2.75. The third-order valence-electron chi connectivity index (χ3n) is 2.21. The van der Waals surface area contributed by atoms with E-state index >= 15 is 0 Å². The van der Waals surface area contributed by atoms with E-state index in [0.717, 1.165) is 18.5 Å². The number of aromatic nitrogens is 2. The maximum absolute atomic E-state index is 11.9. The fourth-order valence-corrected chi connectivity index (χ4v) is 1.79. The third-order valence-corrected chi connectivity index (χ3v) is 2.68. The lowest BCUT2D eigenvalue weighted by Gasteiger charge is -2.09. The molecule has 0 fully saturated rings. The molecule has 1 heterocycles. The van der Waals surface area contributed by atoms with Crippen molar-refractivity contribution in [3.63, 3.8) is 0 Å². The molecule has 0 bridgehead atoms. The number of nitrogens with one attached hydrogen (secondary N) is 1. The van der Waals surface area contributed by atoms with E-state index in [-0.39, 0.29) is 21.9 Å². The fraction of sp³-hybridized carbons (Fsp3) is 0.182. The van der Waals surface area contributed by atoms with Gasteiger partial charge >= 0.3 is 0 Å². The molecule has 1 N–H and O–H groups in total. The zero-order chi connectivity index (χ0) is 12.3. The van der Waals surface area contributed by atoms with Crippen LogP contribution in [0.5, 0.6) is 0 Å². The summed E-state index contributed by atoms with van der Waals surface area (Å²) in [7, 11) is 0. The summed E-state index contributed by atoms with van der Waals surface area (Å²) in [6.45, 7) is 0. The van der Waals surface area contributed by atoms with Gasteiger partial charge in [-0.15, -0.1) is 0 Å². The molecule has 2 rings (SSSR count). The number of carbonyl (C=O) groups excluding carboxylic acids is 1. The van der Waals surface area contributed by atoms with Gasteiger partial charge in [-0.05, 0) is 30.5 Å². The molecule has 0 aromatic carbocycles. The molecule has 1 aromatic rings. The number of rotatable bonds is 2. The third kappa shape index (κ3) is 3.05. The number of halogens is 2. The second kappa shape index (κ2) is 5.29. The lowest BCUT2D eigenvalue weighted by atomic mass is 10.1. The van der Waals surface area contributed by atoms with Crippen molar-refractivity contribution >= 4 is 29.1 Å². The summed E-state index contributed by atoms with van der Waals surface area (Å²) in [5.74, 6) is -0.343. The molecular weight excluding hydrogens is 261 g/mol. The van der Waals surface area contributed by atoms with Crippen LogP contribution in [0.1, 0.15) is 23.2 Å². The van der Waals surface area contributed by atoms with Crippen LogP contribution < -0.4 is 5.32 Å². The number of hydrogen-bond donors (Lipinski definition) is 1. The molecule has 88 valence electrons. The second-order valence-electron chi connectivity index (χ2n) is 3.44. The van der Waals surface area contributed by atoms with Crippen LogP contribution in [0.4, 0.5) is 0 Å². The number of allylic oxidation sites excluding steroid dienone is 3. The van der Waals surface area contributed by atoms with Crippen molar-refractivity contribution in [2.75, 3.05) is 0 Å². The quantitative estimate of drug-likeness (QED) is 0.664. The first-order valence-electron chi connectivity index (χ1n) is 5.03. The maximum Gasteiger partial charge on any atom is 0.260 e. The molecule has 17 heavy (non-hydrogen) atoms. The summed E-state index contributed by atoms with van der Waals surface area (Å²) in [6, 6.07) is 0. The first kappa shape index (κ1) is 12.1. The van der Waals surface area contributed by atoms with Crippen LogP contribution in [0.25, 0.3) is 0 Å². The first-order chi connectivity index (χ1) is 8.16. The van der Waals surface area contributed by atoms with E-state index < -0.39 is 0 Å². The molecule has 1 aliphatic rings. The second-order valence-corrected chi connectivity index (χ2v) is 4.13. The van der Waals surface area contributed by atoms with Crippen LogP contribution in [0.15, 0.2) is 30.1 Å². The van der Waals surface area contributed by atoms with Gasteiger partial charge < -0.3 is 5.32 Å². The highest BCUT2D eigenvalue weighted by molar-refractivity contribution is 6.34. The van der Waals surface area contributed by atoms with Gasteiger partial charge in [0.15, 0.2) is 0 Å². The average Bonchev–Trinajstić information content (AvgIpc) is 2.30. The van der Waals surface area contributed by atoms with Crippen LogP contribution >= 0.6 is 23.2 Å². The van der Waals surface area contributed by atoms with Crippen molar-refractivity contribution in [2.24, 2.45) is 0 Å². The molecule has 0 unspecified atom stereocenters. The summed E-state index contributed by atoms with van der Waals surface area (Å²) in [6.07, 6.45) is 9.01. The Labute approximate surface area is 108 Å². The molecule has 1 amide bonds. The van der Waals surface area contributed by atoms with Crippen LogP contribution in [0.3, 0.4) is 0 Å². The molecule has 6 heteroatoms. The topological polar surface area (TPSA) is 54.9 Å². The number of carbonyl (C=O) groups is 1. The summed E-state index contributed by atoms with van der Waals surface area (Å²) in [5.41, 5.74) is 0.961. The number of hydrogen-bond acceptors (Lipinski definition) is 3. The minimum absolute atomic E-state index is 0.0170. The van der Waals surface area contributed by atoms with Crippen molar-refractivity contribution < 1.29 is 4.79 Å².